The molecule has 1 aromatic heterocycles. The molecule has 0 saturated heterocycles. The Morgan fingerprint density at radius 3 is 2.83 bits per heavy atom. The van der Waals surface area contributed by atoms with E-state index in [1.807, 2.05) is 12.3 Å². The number of hydrogen-bond acceptors (Lipinski definition) is 2. The summed E-state index contributed by atoms with van der Waals surface area (Å²) in [6.07, 6.45) is 4.20. The summed E-state index contributed by atoms with van der Waals surface area (Å²) in [4.78, 5) is 6.75. The maximum Gasteiger partial charge on any atom is 0.128 e. The summed E-state index contributed by atoms with van der Waals surface area (Å²) in [5.41, 5.74) is 2.93. The standard InChI is InChI=1S/C15H15BrN2/c1-18(15-9-7-12(16)10-17-15)14-8-6-11-4-2-3-5-13(11)14/h2-5,7,9-10,14H,6,8H2,1H3. The number of anilines is 1. The highest BCUT2D eigenvalue weighted by Crippen LogP contribution is 2.36. The van der Waals surface area contributed by atoms with Gasteiger partial charge in [0.2, 0.25) is 0 Å². The molecule has 0 amide bonds. The Morgan fingerprint density at radius 2 is 2.06 bits per heavy atom. The Balaban J connectivity index is 1.90. The van der Waals surface area contributed by atoms with Crippen molar-refractivity contribution in [2.24, 2.45) is 0 Å². The lowest BCUT2D eigenvalue weighted by Crippen LogP contribution is -2.23. The third kappa shape index (κ3) is 2.03. The van der Waals surface area contributed by atoms with Crippen LogP contribution in [0.4, 0.5) is 5.82 Å². The molecule has 0 fully saturated rings. The van der Waals surface area contributed by atoms with Crippen LogP contribution in [0, 0.1) is 0 Å². The van der Waals surface area contributed by atoms with Crippen molar-refractivity contribution >= 4 is 21.7 Å². The molecule has 1 heterocycles. The third-order valence-electron chi connectivity index (χ3n) is 3.64. The number of benzene rings is 1. The molecule has 2 nitrogen and oxygen atoms in total. The lowest BCUT2D eigenvalue weighted by atomic mass is 10.1. The van der Waals surface area contributed by atoms with Crippen molar-refractivity contribution in [1.82, 2.24) is 4.98 Å². The fourth-order valence-corrected chi connectivity index (χ4v) is 2.91. The minimum absolute atomic E-state index is 0.454. The molecule has 0 bridgehead atoms. The van der Waals surface area contributed by atoms with Crippen LogP contribution in [-0.2, 0) is 6.42 Å². The number of pyridine rings is 1. The van der Waals surface area contributed by atoms with Crippen LogP contribution in [0.25, 0.3) is 0 Å². The number of aryl methyl sites for hydroxylation is 1. The van der Waals surface area contributed by atoms with Gasteiger partial charge in [-0.2, -0.15) is 0 Å². The smallest absolute Gasteiger partial charge is 0.128 e. The summed E-state index contributed by atoms with van der Waals surface area (Å²) in [6, 6.07) is 13.3. The minimum Gasteiger partial charge on any atom is -0.353 e. The van der Waals surface area contributed by atoms with E-state index >= 15 is 0 Å². The summed E-state index contributed by atoms with van der Waals surface area (Å²) < 4.78 is 1.02. The first kappa shape index (κ1) is 11.7. The van der Waals surface area contributed by atoms with Gasteiger partial charge in [-0.05, 0) is 52.0 Å². The SMILES string of the molecule is CN(c1ccc(Br)cn1)C1CCc2ccccc21. The number of aromatic nitrogens is 1. The second-order valence-corrected chi connectivity index (χ2v) is 5.61. The zero-order valence-electron chi connectivity index (χ0n) is 10.3. The van der Waals surface area contributed by atoms with Gasteiger partial charge in [0.05, 0.1) is 6.04 Å². The van der Waals surface area contributed by atoms with Gasteiger partial charge in [-0.1, -0.05) is 24.3 Å². The Morgan fingerprint density at radius 1 is 1.22 bits per heavy atom. The van der Waals surface area contributed by atoms with Crippen LogP contribution in [0.1, 0.15) is 23.6 Å². The van der Waals surface area contributed by atoms with Gasteiger partial charge in [0.15, 0.2) is 0 Å². The molecule has 2 aromatic rings. The number of rotatable bonds is 2. The van der Waals surface area contributed by atoms with E-state index in [4.69, 9.17) is 0 Å². The lowest BCUT2D eigenvalue weighted by molar-refractivity contribution is 0.655. The molecule has 92 valence electrons. The van der Waals surface area contributed by atoms with Crippen molar-refractivity contribution in [3.8, 4) is 0 Å². The molecule has 1 aliphatic rings. The van der Waals surface area contributed by atoms with Crippen LogP contribution >= 0.6 is 15.9 Å². The van der Waals surface area contributed by atoms with E-state index in [-0.39, 0.29) is 0 Å². The summed E-state index contributed by atoms with van der Waals surface area (Å²) >= 11 is 3.42. The molecule has 3 heteroatoms. The predicted octanol–water partition coefficient (Wildman–Crippen LogP) is 3.97. The van der Waals surface area contributed by atoms with Gasteiger partial charge in [-0.3, -0.25) is 0 Å². The zero-order chi connectivity index (χ0) is 12.5. The molecule has 0 saturated carbocycles. The summed E-state index contributed by atoms with van der Waals surface area (Å²) in [7, 11) is 2.13. The number of fused-ring (bicyclic) bond motifs is 1. The Kier molecular flexibility index (Phi) is 3.08. The van der Waals surface area contributed by atoms with Gasteiger partial charge in [0, 0.05) is 17.7 Å². The maximum absolute atomic E-state index is 4.47. The van der Waals surface area contributed by atoms with E-state index in [2.05, 4.69) is 63.2 Å². The van der Waals surface area contributed by atoms with Gasteiger partial charge in [-0.15, -0.1) is 0 Å². The number of nitrogens with zero attached hydrogens (tertiary/aromatic N) is 2. The zero-order valence-corrected chi connectivity index (χ0v) is 11.9. The molecule has 1 unspecified atom stereocenters. The molecule has 1 aliphatic carbocycles. The van der Waals surface area contributed by atoms with Crippen molar-refractivity contribution in [3.05, 3.63) is 58.2 Å². The molecule has 0 N–H and O–H groups in total. The van der Waals surface area contributed by atoms with Crippen LogP contribution in [0.5, 0.6) is 0 Å². The summed E-state index contributed by atoms with van der Waals surface area (Å²) in [5.74, 6) is 1.03. The summed E-state index contributed by atoms with van der Waals surface area (Å²) in [6.45, 7) is 0. The minimum atomic E-state index is 0.454. The Labute approximate surface area is 116 Å². The fraction of sp³-hybridized carbons (Fsp3) is 0.267. The van der Waals surface area contributed by atoms with Crippen molar-refractivity contribution in [2.75, 3.05) is 11.9 Å². The third-order valence-corrected chi connectivity index (χ3v) is 4.11. The van der Waals surface area contributed by atoms with Crippen molar-refractivity contribution in [1.29, 1.82) is 0 Å². The first-order valence-corrected chi connectivity index (χ1v) is 6.97. The first-order valence-electron chi connectivity index (χ1n) is 6.18. The van der Waals surface area contributed by atoms with Crippen molar-refractivity contribution in [3.63, 3.8) is 0 Å². The van der Waals surface area contributed by atoms with E-state index in [1.165, 1.54) is 24.0 Å². The second-order valence-electron chi connectivity index (χ2n) is 4.70. The van der Waals surface area contributed by atoms with E-state index in [1.54, 1.807) is 0 Å². The van der Waals surface area contributed by atoms with Gasteiger partial charge >= 0.3 is 0 Å². The highest BCUT2D eigenvalue weighted by molar-refractivity contribution is 9.10. The average molecular weight is 303 g/mol. The van der Waals surface area contributed by atoms with Crippen LogP contribution in [0.15, 0.2) is 47.1 Å². The van der Waals surface area contributed by atoms with Crippen LogP contribution in [0.3, 0.4) is 0 Å². The highest BCUT2D eigenvalue weighted by atomic mass is 79.9. The number of halogens is 1. The first-order chi connectivity index (χ1) is 8.75. The molecular weight excluding hydrogens is 288 g/mol. The van der Waals surface area contributed by atoms with Crippen LogP contribution < -0.4 is 4.90 Å². The Bertz CT molecular complexity index is 551. The van der Waals surface area contributed by atoms with Crippen molar-refractivity contribution < 1.29 is 0 Å². The fourth-order valence-electron chi connectivity index (χ4n) is 2.67. The average Bonchev–Trinajstić information content (AvgIpc) is 2.82. The van der Waals surface area contributed by atoms with Gasteiger partial charge < -0.3 is 4.90 Å². The maximum atomic E-state index is 4.47. The van der Waals surface area contributed by atoms with Gasteiger partial charge in [0.1, 0.15) is 5.82 Å². The largest absolute Gasteiger partial charge is 0.353 e. The van der Waals surface area contributed by atoms with Crippen LogP contribution in [-0.4, -0.2) is 12.0 Å². The van der Waals surface area contributed by atoms with Gasteiger partial charge in [-0.25, -0.2) is 4.98 Å². The molecule has 0 radical (unpaired) electrons. The molecular formula is C15H15BrN2. The second kappa shape index (κ2) is 4.73. The van der Waals surface area contributed by atoms with E-state index in [0.29, 0.717) is 6.04 Å². The highest BCUT2D eigenvalue weighted by Gasteiger charge is 2.25. The topological polar surface area (TPSA) is 16.1 Å². The van der Waals surface area contributed by atoms with Crippen molar-refractivity contribution in [2.45, 2.75) is 18.9 Å². The Hall–Kier alpha value is -1.35. The van der Waals surface area contributed by atoms with Gasteiger partial charge in [0.25, 0.3) is 0 Å². The van der Waals surface area contributed by atoms with E-state index < -0.39 is 0 Å². The van der Waals surface area contributed by atoms with Crippen LogP contribution in [0.2, 0.25) is 0 Å². The molecule has 18 heavy (non-hydrogen) atoms. The van der Waals surface area contributed by atoms with E-state index in [9.17, 15) is 0 Å². The molecule has 0 spiro atoms. The molecule has 1 aromatic carbocycles. The monoisotopic (exact) mass is 302 g/mol. The number of hydrogen-bond donors (Lipinski definition) is 0. The normalized spacial score (nSPS) is 17.6. The summed E-state index contributed by atoms with van der Waals surface area (Å²) in [5, 5.41) is 0. The quantitative estimate of drug-likeness (QED) is 0.834. The molecule has 3 rings (SSSR count). The molecule has 1 atom stereocenters. The van der Waals surface area contributed by atoms with E-state index in [0.717, 1.165) is 10.3 Å². The molecule has 0 aliphatic heterocycles. The predicted molar refractivity (Wildman–Crippen MR) is 77.8 cm³/mol. The lowest BCUT2D eigenvalue weighted by Gasteiger charge is -2.26.